The van der Waals surface area contributed by atoms with Gasteiger partial charge in [0.25, 0.3) is 0 Å². The smallest absolute Gasteiger partial charge is 0.462 e. The molecule has 0 aromatic heterocycles. The minimum atomic E-state index is -4.41. The van der Waals surface area contributed by atoms with E-state index in [2.05, 4.69) is 86.8 Å². The second kappa shape index (κ2) is 34.9. The van der Waals surface area contributed by atoms with Crippen LogP contribution < -0.4 is 5.73 Å². The number of nitrogens with two attached hydrogens (primary N) is 1. The number of esters is 2. The number of unbranched alkanes of at least 4 members (excludes halogenated alkanes) is 8. The third-order valence-corrected chi connectivity index (χ3v) is 9.47. The van der Waals surface area contributed by atoms with Gasteiger partial charge in [0.15, 0.2) is 6.10 Å². The Morgan fingerprint density at radius 2 is 1.19 bits per heavy atom. The van der Waals surface area contributed by atoms with E-state index in [9.17, 15) is 19.0 Å². The summed E-state index contributed by atoms with van der Waals surface area (Å²) in [5.74, 6) is -0.958. The molecular weight excluding hydrogens is 705 g/mol. The summed E-state index contributed by atoms with van der Waals surface area (Å²) in [4.78, 5) is 34.9. The lowest BCUT2D eigenvalue weighted by Crippen LogP contribution is -2.29. The fourth-order valence-electron chi connectivity index (χ4n) is 5.31. The van der Waals surface area contributed by atoms with Crippen LogP contribution in [0.15, 0.2) is 72.9 Å². The summed E-state index contributed by atoms with van der Waals surface area (Å²) < 4.78 is 38.4. The Labute approximate surface area is 326 Å². The SMILES string of the molecule is CCCCC/C=C\C/C=C\C/C=C\CCCCC(=O)O[C@H](COC(=O)CCCC1OC1C/C=C\C/C=C\C/C=C\CCCCC)COP(=O)(O)OCCN. The molecule has 0 aromatic carbocycles. The van der Waals surface area contributed by atoms with Crippen molar-refractivity contribution in [2.75, 3.05) is 26.4 Å². The minimum absolute atomic E-state index is 0.0329. The monoisotopic (exact) mass is 777 g/mol. The van der Waals surface area contributed by atoms with Crippen molar-refractivity contribution < 1.29 is 42.3 Å². The van der Waals surface area contributed by atoms with Gasteiger partial charge < -0.3 is 24.8 Å². The highest BCUT2D eigenvalue weighted by atomic mass is 31.2. The van der Waals surface area contributed by atoms with Crippen LogP contribution in [0, 0.1) is 0 Å². The summed E-state index contributed by atoms with van der Waals surface area (Å²) in [5.41, 5.74) is 5.34. The molecule has 0 spiro atoms. The lowest BCUT2D eigenvalue weighted by Gasteiger charge is -2.19. The molecule has 0 aromatic rings. The Kier molecular flexibility index (Phi) is 31.9. The van der Waals surface area contributed by atoms with E-state index in [1.807, 2.05) is 0 Å². The molecule has 1 aliphatic rings. The number of phosphoric ester groups is 1. The molecule has 0 radical (unpaired) electrons. The average Bonchev–Trinajstić information content (AvgIpc) is 3.91. The zero-order valence-electron chi connectivity index (χ0n) is 33.4. The van der Waals surface area contributed by atoms with Crippen molar-refractivity contribution in [1.29, 1.82) is 0 Å². The van der Waals surface area contributed by atoms with Crippen LogP contribution in [0.1, 0.15) is 142 Å². The summed E-state index contributed by atoms with van der Waals surface area (Å²) in [7, 11) is -4.41. The highest BCUT2D eigenvalue weighted by Gasteiger charge is 2.36. The third kappa shape index (κ3) is 31.7. The van der Waals surface area contributed by atoms with E-state index in [-0.39, 0.29) is 44.8 Å². The molecule has 1 heterocycles. The molecule has 0 amide bonds. The lowest BCUT2D eigenvalue weighted by atomic mass is 10.1. The van der Waals surface area contributed by atoms with Crippen LogP contribution in [-0.2, 0) is 37.4 Å². The number of epoxide rings is 1. The van der Waals surface area contributed by atoms with Crippen molar-refractivity contribution >= 4 is 19.8 Å². The molecule has 3 N–H and O–H groups in total. The number of carbonyl (C=O) groups is 2. The van der Waals surface area contributed by atoms with Crippen LogP contribution in [0.25, 0.3) is 0 Å². The van der Waals surface area contributed by atoms with Gasteiger partial charge in [-0.1, -0.05) is 112 Å². The number of rotatable bonds is 36. The number of phosphoric acid groups is 1. The Morgan fingerprint density at radius 1 is 0.667 bits per heavy atom. The second-order valence-electron chi connectivity index (χ2n) is 13.5. The molecule has 308 valence electrons. The zero-order chi connectivity index (χ0) is 39.4. The van der Waals surface area contributed by atoms with Crippen molar-refractivity contribution in [3.63, 3.8) is 0 Å². The van der Waals surface area contributed by atoms with Crippen LogP contribution in [-0.4, -0.2) is 61.5 Å². The number of hydrogen-bond acceptors (Lipinski definition) is 9. The molecule has 54 heavy (non-hydrogen) atoms. The Balaban J connectivity index is 2.30. The average molecular weight is 778 g/mol. The molecule has 10 nitrogen and oxygen atoms in total. The Morgan fingerprint density at radius 3 is 1.74 bits per heavy atom. The number of carbonyl (C=O) groups excluding carboxylic acids is 2. The van der Waals surface area contributed by atoms with Gasteiger partial charge in [-0.15, -0.1) is 0 Å². The summed E-state index contributed by atoms with van der Waals surface area (Å²) in [5, 5.41) is 0. The third-order valence-electron chi connectivity index (χ3n) is 8.49. The maximum atomic E-state index is 12.6. The molecule has 0 aliphatic carbocycles. The van der Waals surface area contributed by atoms with Crippen LogP contribution in [0.5, 0.6) is 0 Å². The fraction of sp³-hybridized carbons (Fsp3) is 0.674. The normalized spacial score (nSPS) is 17.9. The van der Waals surface area contributed by atoms with Gasteiger partial charge in [0.1, 0.15) is 6.61 Å². The minimum Gasteiger partial charge on any atom is -0.462 e. The molecule has 4 atom stereocenters. The standard InChI is InChI=1S/C43H72NO9P/c1-3-5-7-9-11-13-15-17-18-19-21-23-25-27-29-33-43(46)52-39(38-51-54(47,48)50-36-35-44)37-49-42(45)34-30-32-41-40(53-41)31-28-26-24-22-20-16-14-12-10-8-6-4-2/h11-14,17-18,20-23,26,28,39-41H,3-10,15-16,19,24-25,27,29-38,44H2,1-2H3,(H,47,48)/b13-11-,14-12-,18-17-,22-20-,23-21-,28-26-/t39-,40?,41?/m1/s1. The predicted molar refractivity (Wildman–Crippen MR) is 219 cm³/mol. The molecule has 1 rings (SSSR count). The van der Waals surface area contributed by atoms with E-state index in [1.165, 1.54) is 38.5 Å². The summed E-state index contributed by atoms with van der Waals surface area (Å²) >= 11 is 0. The van der Waals surface area contributed by atoms with Gasteiger partial charge in [-0.05, 0) is 89.9 Å². The lowest BCUT2D eigenvalue weighted by molar-refractivity contribution is -0.161. The van der Waals surface area contributed by atoms with E-state index in [1.54, 1.807) is 0 Å². The maximum absolute atomic E-state index is 12.6. The summed E-state index contributed by atoms with van der Waals surface area (Å²) in [6, 6.07) is 0. The first-order chi connectivity index (χ1) is 26.3. The molecule has 3 unspecified atom stereocenters. The summed E-state index contributed by atoms with van der Waals surface area (Å²) in [6.07, 6.45) is 43.8. The van der Waals surface area contributed by atoms with Crippen LogP contribution >= 0.6 is 7.82 Å². The molecule has 1 saturated heterocycles. The van der Waals surface area contributed by atoms with E-state index < -0.39 is 32.5 Å². The van der Waals surface area contributed by atoms with E-state index >= 15 is 0 Å². The molecule has 0 saturated carbocycles. The van der Waals surface area contributed by atoms with Crippen molar-refractivity contribution in [3.8, 4) is 0 Å². The van der Waals surface area contributed by atoms with Crippen molar-refractivity contribution in [2.45, 2.75) is 161 Å². The predicted octanol–water partition coefficient (Wildman–Crippen LogP) is 10.5. The quantitative estimate of drug-likeness (QED) is 0.0207. The van der Waals surface area contributed by atoms with Gasteiger partial charge in [-0.25, -0.2) is 4.57 Å². The van der Waals surface area contributed by atoms with Gasteiger partial charge in [0.2, 0.25) is 0 Å². The first kappa shape index (κ1) is 49.4. The van der Waals surface area contributed by atoms with Crippen molar-refractivity contribution in [1.82, 2.24) is 0 Å². The highest BCUT2D eigenvalue weighted by molar-refractivity contribution is 7.47. The van der Waals surface area contributed by atoms with E-state index in [0.29, 0.717) is 12.8 Å². The second-order valence-corrected chi connectivity index (χ2v) is 15.0. The first-order valence-electron chi connectivity index (χ1n) is 20.5. The van der Waals surface area contributed by atoms with Crippen LogP contribution in [0.4, 0.5) is 0 Å². The van der Waals surface area contributed by atoms with Crippen LogP contribution in [0.3, 0.4) is 0 Å². The molecule has 1 aliphatic heterocycles. The zero-order valence-corrected chi connectivity index (χ0v) is 34.3. The fourth-order valence-corrected chi connectivity index (χ4v) is 6.08. The van der Waals surface area contributed by atoms with Crippen molar-refractivity contribution in [3.05, 3.63) is 72.9 Å². The highest BCUT2D eigenvalue weighted by Crippen LogP contribution is 2.43. The van der Waals surface area contributed by atoms with Gasteiger partial charge in [0, 0.05) is 19.4 Å². The maximum Gasteiger partial charge on any atom is 0.472 e. The van der Waals surface area contributed by atoms with Gasteiger partial charge in [-0.2, -0.15) is 0 Å². The Bertz CT molecular complexity index is 1180. The Hall–Kier alpha value is -2.59. The van der Waals surface area contributed by atoms with Gasteiger partial charge >= 0.3 is 19.8 Å². The van der Waals surface area contributed by atoms with Gasteiger partial charge in [-0.3, -0.25) is 18.6 Å². The first-order valence-corrected chi connectivity index (χ1v) is 22.0. The molecule has 0 bridgehead atoms. The number of ether oxygens (including phenoxy) is 3. The van der Waals surface area contributed by atoms with Gasteiger partial charge in [0.05, 0.1) is 25.4 Å². The van der Waals surface area contributed by atoms with Crippen molar-refractivity contribution in [2.24, 2.45) is 5.73 Å². The van der Waals surface area contributed by atoms with Crippen LogP contribution in [0.2, 0.25) is 0 Å². The molecule has 11 heteroatoms. The summed E-state index contributed by atoms with van der Waals surface area (Å²) in [6.45, 7) is 3.51. The molecule has 1 fully saturated rings. The largest absolute Gasteiger partial charge is 0.472 e. The number of allylic oxidation sites excluding steroid dienone is 11. The van der Waals surface area contributed by atoms with E-state index in [4.69, 9.17) is 29.0 Å². The van der Waals surface area contributed by atoms with E-state index in [0.717, 1.165) is 64.2 Å². The number of hydrogen-bond donors (Lipinski definition) is 2. The topological polar surface area (TPSA) is 147 Å². The molecular formula is C43H72NO9P.